The van der Waals surface area contributed by atoms with Gasteiger partial charge < -0.3 is 10.2 Å². The number of hydrogen-bond acceptors (Lipinski definition) is 3. The van der Waals surface area contributed by atoms with Crippen molar-refractivity contribution in [3.8, 4) is 0 Å². The van der Waals surface area contributed by atoms with Crippen LogP contribution >= 0.6 is 0 Å². The Morgan fingerprint density at radius 2 is 2.00 bits per heavy atom. The minimum atomic E-state index is 0.641. The maximum atomic E-state index is 3.63. The Bertz CT molecular complexity index is 208. The van der Waals surface area contributed by atoms with E-state index >= 15 is 0 Å². The van der Waals surface area contributed by atoms with Gasteiger partial charge in [0, 0.05) is 37.8 Å². The fraction of sp³-hybridized carbons (Fsp3) is 1.00. The van der Waals surface area contributed by atoms with E-state index in [1.807, 2.05) is 0 Å². The summed E-state index contributed by atoms with van der Waals surface area (Å²) in [6, 6.07) is 1.96. The molecule has 3 atom stereocenters. The van der Waals surface area contributed by atoms with Gasteiger partial charge in [0.1, 0.15) is 0 Å². The van der Waals surface area contributed by atoms with Gasteiger partial charge in [0.2, 0.25) is 0 Å². The van der Waals surface area contributed by atoms with E-state index < -0.39 is 0 Å². The van der Waals surface area contributed by atoms with E-state index in [2.05, 4.69) is 49.9 Å². The van der Waals surface area contributed by atoms with Crippen LogP contribution in [0.15, 0.2) is 0 Å². The van der Waals surface area contributed by atoms with E-state index in [9.17, 15) is 0 Å². The molecule has 0 spiro atoms. The minimum absolute atomic E-state index is 0.641. The summed E-state index contributed by atoms with van der Waals surface area (Å²) in [5.74, 6) is 0. The highest BCUT2D eigenvalue weighted by Gasteiger charge is 2.23. The van der Waals surface area contributed by atoms with Crippen LogP contribution in [0.2, 0.25) is 0 Å². The topological polar surface area (TPSA) is 18.5 Å². The molecular formula is C14H31N3. The van der Waals surface area contributed by atoms with Crippen molar-refractivity contribution in [2.45, 2.75) is 58.7 Å². The fourth-order valence-electron chi connectivity index (χ4n) is 2.68. The number of likely N-dealkylation sites (N-methyl/N-ethyl adjacent to an activating group) is 1. The van der Waals surface area contributed by atoms with E-state index in [0.29, 0.717) is 18.1 Å². The maximum Gasteiger partial charge on any atom is 0.0198 e. The van der Waals surface area contributed by atoms with Crippen molar-refractivity contribution >= 4 is 0 Å². The molecule has 102 valence electrons. The first-order valence-electron chi connectivity index (χ1n) is 7.22. The normalized spacial score (nSPS) is 27.7. The van der Waals surface area contributed by atoms with Gasteiger partial charge in [-0.25, -0.2) is 0 Å². The van der Waals surface area contributed by atoms with Crippen LogP contribution < -0.4 is 5.32 Å². The van der Waals surface area contributed by atoms with Crippen molar-refractivity contribution in [3.05, 3.63) is 0 Å². The van der Waals surface area contributed by atoms with Crippen LogP contribution in [0, 0.1) is 0 Å². The van der Waals surface area contributed by atoms with Crippen molar-refractivity contribution in [2.24, 2.45) is 0 Å². The van der Waals surface area contributed by atoms with Crippen LogP contribution in [-0.2, 0) is 0 Å². The van der Waals surface area contributed by atoms with Gasteiger partial charge in [0.15, 0.2) is 0 Å². The lowest BCUT2D eigenvalue weighted by Crippen LogP contribution is -2.48. The Labute approximate surface area is 108 Å². The summed E-state index contributed by atoms with van der Waals surface area (Å²) >= 11 is 0. The summed E-state index contributed by atoms with van der Waals surface area (Å²) in [6.07, 6.45) is 2.51. The largest absolute Gasteiger partial charge is 0.313 e. The zero-order valence-corrected chi connectivity index (χ0v) is 12.4. The molecule has 0 aliphatic carbocycles. The van der Waals surface area contributed by atoms with Crippen molar-refractivity contribution in [1.29, 1.82) is 0 Å². The van der Waals surface area contributed by atoms with Crippen molar-refractivity contribution < 1.29 is 0 Å². The van der Waals surface area contributed by atoms with Gasteiger partial charge in [-0.1, -0.05) is 6.92 Å². The first-order chi connectivity index (χ1) is 8.04. The molecule has 0 saturated carbocycles. The smallest absolute Gasteiger partial charge is 0.0198 e. The SMILES string of the molecule is CCC(C)NCC(C)N1CCCN(C)CC1C. The molecule has 1 saturated heterocycles. The zero-order valence-electron chi connectivity index (χ0n) is 12.4. The Morgan fingerprint density at radius 3 is 2.65 bits per heavy atom. The molecule has 0 aromatic carbocycles. The third-order valence-electron chi connectivity index (χ3n) is 4.04. The molecule has 1 fully saturated rings. The van der Waals surface area contributed by atoms with Gasteiger partial charge in [0.25, 0.3) is 0 Å². The van der Waals surface area contributed by atoms with Crippen LogP contribution in [-0.4, -0.2) is 61.2 Å². The monoisotopic (exact) mass is 241 g/mol. The Balaban J connectivity index is 2.40. The van der Waals surface area contributed by atoms with E-state index in [0.717, 1.165) is 6.54 Å². The first kappa shape index (κ1) is 14.9. The summed E-state index contributed by atoms with van der Waals surface area (Å²) < 4.78 is 0. The highest BCUT2D eigenvalue weighted by Crippen LogP contribution is 2.12. The second-order valence-corrected chi connectivity index (χ2v) is 5.77. The van der Waals surface area contributed by atoms with Crippen LogP contribution in [0.1, 0.15) is 40.5 Å². The third-order valence-corrected chi connectivity index (χ3v) is 4.04. The Morgan fingerprint density at radius 1 is 1.29 bits per heavy atom. The molecule has 0 aromatic heterocycles. The summed E-state index contributed by atoms with van der Waals surface area (Å²) in [5.41, 5.74) is 0. The molecule has 1 rings (SSSR count). The van der Waals surface area contributed by atoms with Gasteiger partial charge in [0.05, 0.1) is 0 Å². The van der Waals surface area contributed by atoms with Crippen LogP contribution in [0.4, 0.5) is 0 Å². The van der Waals surface area contributed by atoms with Crippen molar-refractivity contribution in [1.82, 2.24) is 15.1 Å². The highest BCUT2D eigenvalue weighted by molar-refractivity contribution is 4.81. The first-order valence-corrected chi connectivity index (χ1v) is 7.22. The summed E-state index contributed by atoms with van der Waals surface area (Å²) in [7, 11) is 2.24. The lowest BCUT2D eigenvalue weighted by Gasteiger charge is -2.34. The molecule has 3 nitrogen and oxygen atoms in total. The summed E-state index contributed by atoms with van der Waals surface area (Å²) in [6.45, 7) is 14.0. The molecular weight excluding hydrogens is 210 g/mol. The van der Waals surface area contributed by atoms with Gasteiger partial charge >= 0.3 is 0 Å². The fourth-order valence-corrected chi connectivity index (χ4v) is 2.68. The van der Waals surface area contributed by atoms with Crippen molar-refractivity contribution in [3.63, 3.8) is 0 Å². The van der Waals surface area contributed by atoms with Crippen molar-refractivity contribution in [2.75, 3.05) is 33.2 Å². The van der Waals surface area contributed by atoms with Gasteiger partial charge in [-0.15, -0.1) is 0 Å². The quantitative estimate of drug-likeness (QED) is 0.792. The molecule has 1 heterocycles. The lowest BCUT2D eigenvalue weighted by atomic mass is 10.1. The molecule has 1 N–H and O–H groups in total. The average molecular weight is 241 g/mol. The van der Waals surface area contributed by atoms with E-state index in [4.69, 9.17) is 0 Å². The van der Waals surface area contributed by atoms with E-state index in [-0.39, 0.29) is 0 Å². The predicted octanol–water partition coefficient (Wildman–Crippen LogP) is 1.79. The second kappa shape index (κ2) is 7.34. The minimum Gasteiger partial charge on any atom is -0.313 e. The Hall–Kier alpha value is -0.120. The lowest BCUT2D eigenvalue weighted by molar-refractivity contribution is 0.148. The predicted molar refractivity (Wildman–Crippen MR) is 75.5 cm³/mol. The molecule has 0 bridgehead atoms. The second-order valence-electron chi connectivity index (χ2n) is 5.77. The van der Waals surface area contributed by atoms with E-state index in [1.54, 1.807) is 0 Å². The van der Waals surface area contributed by atoms with Crippen LogP contribution in [0.5, 0.6) is 0 Å². The number of hydrogen-bond donors (Lipinski definition) is 1. The molecule has 3 unspecified atom stereocenters. The highest BCUT2D eigenvalue weighted by atomic mass is 15.3. The number of nitrogens with zero attached hydrogens (tertiary/aromatic N) is 2. The molecule has 0 aromatic rings. The van der Waals surface area contributed by atoms with E-state index in [1.165, 1.54) is 32.5 Å². The van der Waals surface area contributed by atoms with Gasteiger partial charge in [-0.3, -0.25) is 4.90 Å². The molecule has 0 amide bonds. The molecule has 17 heavy (non-hydrogen) atoms. The Kier molecular flexibility index (Phi) is 6.45. The molecule has 1 aliphatic rings. The molecule has 0 radical (unpaired) electrons. The molecule has 3 heteroatoms. The zero-order chi connectivity index (χ0) is 12.8. The number of rotatable bonds is 5. The van der Waals surface area contributed by atoms with Gasteiger partial charge in [-0.2, -0.15) is 0 Å². The van der Waals surface area contributed by atoms with Crippen LogP contribution in [0.25, 0.3) is 0 Å². The third kappa shape index (κ3) is 4.94. The average Bonchev–Trinajstić information content (AvgIpc) is 2.46. The standard InChI is InChI=1S/C14H31N3/c1-6-12(2)15-10-13(3)17-9-7-8-16(5)11-14(17)4/h12-15H,6-11H2,1-5H3. The van der Waals surface area contributed by atoms with Gasteiger partial charge in [-0.05, 0) is 47.2 Å². The van der Waals surface area contributed by atoms with Crippen LogP contribution in [0.3, 0.4) is 0 Å². The maximum absolute atomic E-state index is 3.63. The summed E-state index contributed by atoms with van der Waals surface area (Å²) in [4.78, 5) is 5.12. The number of nitrogens with one attached hydrogen (secondary N) is 1. The molecule has 1 aliphatic heterocycles. The summed E-state index contributed by atoms with van der Waals surface area (Å²) in [5, 5.41) is 3.63.